The third kappa shape index (κ3) is 3.65. The molecule has 1 fully saturated rings. The first-order valence-corrected chi connectivity index (χ1v) is 8.84. The highest BCUT2D eigenvalue weighted by Crippen LogP contribution is 2.42. The minimum absolute atomic E-state index is 0.160. The third-order valence-corrected chi connectivity index (χ3v) is 5.15. The van der Waals surface area contributed by atoms with Gasteiger partial charge in [-0.1, -0.05) is 25.0 Å². The normalized spacial score (nSPS) is 15.2. The maximum absolute atomic E-state index is 13.3. The summed E-state index contributed by atoms with van der Waals surface area (Å²) in [6.45, 7) is 0. The number of hydrogen-bond donors (Lipinski definition) is 1. The summed E-state index contributed by atoms with van der Waals surface area (Å²) in [7, 11) is 2.75. The van der Waals surface area contributed by atoms with Crippen LogP contribution in [0.4, 0.5) is 10.1 Å². The van der Waals surface area contributed by atoms with E-state index in [9.17, 15) is 14.0 Å². The minimum Gasteiger partial charge on any atom is -0.496 e. The topological polar surface area (TPSA) is 64.6 Å². The second-order valence-corrected chi connectivity index (χ2v) is 6.66. The molecule has 0 aliphatic heterocycles. The molecule has 3 rings (SSSR count). The highest BCUT2D eigenvalue weighted by molar-refractivity contribution is 6.01. The van der Waals surface area contributed by atoms with E-state index in [4.69, 9.17) is 9.47 Å². The highest BCUT2D eigenvalue weighted by atomic mass is 19.1. The van der Waals surface area contributed by atoms with Gasteiger partial charge in [0.15, 0.2) is 0 Å². The van der Waals surface area contributed by atoms with Crippen LogP contribution >= 0.6 is 0 Å². The van der Waals surface area contributed by atoms with Crippen molar-refractivity contribution in [3.8, 4) is 5.75 Å². The molecule has 6 heteroatoms. The molecule has 1 aliphatic rings. The third-order valence-electron chi connectivity index (χ3n) is 5.15. The van der Waals surface area contributed by atoms with Crippen LogP contribution in [0.2, 0.25) is 0 Å². The molecule has 1 amide bonds. The number of ether oxygens (including phenoxy) is 2. The fraction of sp³-hybridized carbons (Fsp3) is 0.333. The van der Waals surface area contributed by atoms with Crippen molar-refractivity contribution in [3.05, 3.63) is 59.4 Å². The summed E-state index contributed by atoms with van der Waals surface area (Å²) in [5, 5.41) is 2.91. The van der Waals surface area contributed by atoms with Crippen molar-refractivity contribution >= 4 is 17.6 Å². The molecule has 0 bridgehead atoms. The second-order valence-electron chi connectivity index (χ2n) is 6.66. The summed E-state index contributed by atoms with van der Waals surface area (Å²) in [6, 6.07) is 10.9. The molecular weight excluding hydrogens is 349 g/mol. The van der Waals surface area contributed by atoms with E-state index in [0.29, 0.717) is 24.3 Å². The molecule has 2 aromatic rings. The Morgan fingerprint density at radius 1 is 1.04 bits per heavy atom. The second kappa shape index (κ2) is 7.78. The lowest BCUT2D eigenvalue weighted by Crippen LogP contribution is -2.38. The van der Waals surface area contributed by atoms with Gasteiger partial charge in [0.25, 0.3) is 0 Å². The van der Waals surface area contributed by atoms with Crippen LogP contribution in [0.25, 0.3) is 0 Å². The molecule has 2 aromatic carbocycles. The van der Waals surface area contributed by atoms with Crippen LogP contribution < -0.4 is 10.1 Å². The first-order chi connectivity index (χ1) is 13.0. The largest absolute Gasteiger partial charge is 0.496 e. The molecule has 0 saturated heterocycles. The van der Waals surface area contributed by atoms with Crippen LogP contribution in [0.5, 0.6) is 5.75 Å². The van der Waals surface area contributed by atoms with Crippen molar-refractivity contribution in [2.75, 3.05) is 19.5 Å². The Kier molecular flexibility index (Phi) is 5.44. The number of carbonyl (C=O) groups excluding carboxylic acids is 2. The number of anilines is 1. The summed E-state index contributed by atoms with van der Waals surface area (Å²) in [5.41, 5.74) is 0.828. The zero-order valence-corrected chi connectivity index (χ0v) is 15.4. The predicted molar refractivity (Wildman–Crippen MR) is 99.5 cm³/mol. The zero-order valence-electron chi connectivity index (χ0n) is 15.4. The number of rotatable bonds is 5. The molecule has 27 heavy (non-hydrogen) atoms. The highest BCUT2D eigenvalue weighted by Gasteiger charge is 2.42. The number of halogens is 1. The maximum atomic E-state index is 13.3. The van der Waals surface area contributed by atoms with E-state index in [1.165, 1.54) is 32.4 Å². The van der Waals surface area contributed by atoms with E-state index in [1.807, 2.05) is 0 Å². The van der Waals surface area contributed by atoms with Crippen molar-refractivity contribution in [3.63, 3.8) is 0 Å². The first-order valence-electron chi connectivity index (χ1n) is 8.84. The molecule has 0 spiro atoms. The summed E-state index contributed by atoms with van der Waals surface area (Å²) in [4.78, 5) is 25.1. The molecule has 0 aromatic heterocycles. The fourth-order valence-corrected chi connectivity index (χ4v) is 3.70. The van der Waals surface area contributed by atoms with Crippen LogP contribution in [-0.2, 0) is 14.9 Å². The van der Waals surface area contributed by atoms with Gasteiger partial charge in [-0.2, -0.15) is 0 Å². The lowest BCUT2D eigenvalue weighted by Gasteiger charge is -2.28. The number of nitrogens with one attached hydrogen (secondary N) is 1. The Balaban J connectivity index is 1.91. The molecule has 0 heterocycles. The van der Waals surface area contributed by atoms with Gasteiger partial charge in [-0.25, -0.2) is 9.18 Å². The van der Waals surface area contributed by atoms with E-state index in [1.54, 1.807) is 24.3 Å². The van der Waals surface area contributed by atoms with Crippen molar-refractivity contribution in [2.24, 2.45) is 0 Å². The number of amides is 1. The summed E-state index contributed by atoms with van der Waals surface area (Å²) in [6.07, 6.45) is 3.26. The molecule has 142 valence electrons. The van der Waals surface area contributed by atoms with Crippen LogP contribution in [0.1, 0.15) is 41.6 Å². The standard InChI is InChI=1S/C21H22FNO4/c1-26-18-10-9-16(13-17(18)19(24)27-2)23-20(25)21(11-3-4-12-21)14-5-7-15(22)8-6-14/h5-10,13H,3-4,11-12H2,1-2H3,(H,23,25). The molecule has 0 unspecified atom stereocenters. The molecule has 1 N–H and O–H groups in total. The molecule has 1 saturated carbocycles. The summed E-state index contributed by atoms with van der Waals surface area (Å²) in [5.74, 6) is -0.663. The van der Waals surface area contributed by atoms with Crippen molar-refractivity contribution in [2.45, 2.75) is 31.1 Å². The van der Waals surface area contributed by atoms with Gasteiger partial charge < -0.3 is 14.8 Å². The van der Waals surface area contributed by atoms with Crippen LogP contribution in [0, 0.1) is 5.82 Å². The van der Waals surface area contributed by atoms with Gasteiger partial charge in [-0.05, 0) is 48.7 Å². The van der Waals surface area contributed by atoms with Gasteiger partial charge in [0.05, 0.1) is 19.6 Å². The van der Waals surface area contributed by atoms with Gasteiger partial charge in [0.2, 0.25) is 5.91 Å². The SMILES string of the molecule is COC(=O)c1cc(NC(=O)C2(c3ccc(F)cc3)CCCC2)ccc1OC. The van der Waals surface area contributed by atoms with Crippen LogP contribution in [0.3, 0.4) is 0 Å². The molecular formula is C21H22FNO4. The van der Waals surface area contributed by atoms with Gasteiger partial charge >= 0.3 is 5.97 Å². The number of hydrogen-bond acceptors (Lipinski definition) is 4. The monoisotopic (exact) mass is 371 g/mol. The number of benzene rings is 2. The van der Waals surface area contributed by atoms with E-state index in [2.05, 4.69) is 5.32 Å². The van der Waals surface area contributed by atoms with E-state index >= 15 is 0 Å². The molecule has 1 aliphatic carbocycles. The predicted octanol–water partition coefficient (Wildman–Crippen LogP) is 4.07. The van der Waals surface area contributed by atoms with Gasteiger partial charge in [-0.3, -0.25) is 4.79 Å². The summed E-state index contributed by atoms with van der Waals surface area (Å²) < 4.78 is 23.3. The van der Waals surface area contributed by atoms with Gasteiger partial charge in [-0.15, -0.1) is 0 Å². The number of methoxy groups -OCH3 is 2. The van der Waals surface area contributed by atoms with E-state index in [0.717, 1.165) is 18.4 Å². The molecule has 0 atom stereocenters. The summed E-state index contributed by atoms with van der Waals surface area (Å²) >= 11 is 0. The fourth-order valence-electron chi connectivity index (χ4n) is 3.70. The smallest absolute Gasteiger partial charge is 0.341 e. The van der Waals surface area contributed by atoms with Crippen LogP contribution in [0.15, 0.2) is 42.5 Å². The maximum Gasteiger partial charge on any atom is 0.341 e. The lowest BCUT2D eigenvalue weighted by molar-refractivity contribution is -0.121. The van der Waals surface area contributed by atoms with E-state index < -0.39 is 11.4 Å². The average molecular weight is 371 g/mol. The van der Waals surface area contributed by atoms with Crippen molar-refractivity contribution in [1.82, 2.24) is 0 Å². The average Bonchev–Trinajstić information content (AvgIpc) is 3.19. The molecule has 0 radical (unpaired) electrons. The lowest BCUT2D eigenvalue weighted by atomic mass is 9.78. The Hall–Kier alpha value is -2.89. The Morgan fingerprint density at radius 2 is 1.70 bits per heavy atom. The minimum atomic E-state index is -0.695. The quantitative estimate of drug-likeness (QED) is 0.805. The Bertz CT molecular complexity index is 842. The number of esters is 1. The van der Waals surface area contributed by atoms with Crippen molar-refractivity contribution < 1.29 is 23.5 Å². The van der Waals surface area contributed by atoms with E-state index in [-0.39, 0.29) is 17.3 Å². The zero-order chi connectivity index (χ0) is 19.4. The Morgan fingerprint density at radius 3 is 2.30 bits per heavy atom. The molecule has 5 nitrogen and oxygen atoms in total. The van der Waals surface area contributed by atoms with Gasteiger partial charge in [0, 0.05) is 5.69 Å². The van der Waals surface area contributed by atoms with Crippen molar-refractivity contribution in [1.29, 1.82) is 0 Å². The van der Waals surface area contributed by atoms with Gasteiger partial charge in [0.1, 0.15) is 17.1 Å². The van der Waals surface area contributed by atoms with Crippen LogP contribution in [-0.4, -0.2) is 26.1 Å². The Labute approximate surface area is 157 Å². The number of carbonyl (C=O) groups is 2. The first kappa shape index (κ1) is 18.9.